The van der Waals surface area contributed by atoms with Crippen LogP contribution >= 0.6 is 15.9 Å². The predicted molar refractivity (Wildman–Crippen MR) is 74.1 cm³/mol. The van der Waals surface area contributed by atoms with E-state index in [9.17, 15) is 14.7 Å². The summed E-state index contributed by atoms with van der Waals surface area (Å²) in [6.07, 6.45) is 3.06. The Kier molecular flexibility index (Phi) is 3.71. The van der Waals surface area contributed by atoms with Crippen LogP contribution in [0.2, 0.25) is 0 Å². The summed E-state index contributed by atoms with van der Waals surface area (Å²) in [6.45, 7) is 4.73. The molecule has 1 aromatic heterocycles. The molecule has 1 saturated heterocycles. The molecule has 1 fully saturated rings. The zero-order valence-corrected chi connectivity index (χ0v) is 12.6. The molecule has 0 spiro atoms. The molecule has 5 nitrogen and oxygen atoms in total. The molecule has 0 radical (unpaired) electrons. The maximum Gasteiger partial charge on any atom is 0.329 e. The van der Waals surface area contributed by atoms with Crippen molar-refractivity contribution in [1.82, 2.24) is 9.47 Å². The first-order chi connectivity index (χ1) is 8.90. The zero-order valence-electron chi connectivity index (χ0n) is 11.0. The summed E-state index contributed by atoms with van der Waals surface area (Å²) < 4.78 is 2.65. The fourth-order valence-corrected chi connectivity index (χ4v) is 3.03. The van der Waals surface area contributed by atoms with Gasteiger partial charge in [0.05, 0.1) is 0 Å². The van der Waals surface area contributed by atoms with Gasteiger partial charge in [0.25, 0.3) is 5.91 Å². The minimum absolute atomic E-state index is 0.213. The molecule has 1 N–H and O–H groups in total. The topological polar surface area (TPSA) is 62.5 Å². The van der Waals surface area contributed by atoms with E-state index in [0.717, 1.165) is 10.9 Å². The smallest absolute Gasteiger partial charge is 0.329 e. The van der Waals surface area contributed by atoms with Crippen molar-refractivity contribution >= 4 is 27.8 Å². The van der Waals surface area contributed by atoms with E-state index in [2.05, 4.69) is 15.9 Å². The van der Waals surface area contributed by atoms with E-state index in [-0.39, 0.29) is 5.91 Å². The second-order valence-electron chi connectivity index (χ2n) is 4.97. The van der Waals surface area contributed by atoms with Crippen LogP contribution in [0, 0.1) is 0 Å². The number of hydrogen-bond acceptors (Lipinski definition) is 2. The third-order valence-corrected chi connectivity index (χ3v) is 4.20. The average Bonchev–Trinajstić information content (AvgIpc) is 2.92. The van der Waals surface area contributed by atoms with E-state index in [4.69, 9.17) is 0 Å². The van der Waals surface area contributed by atoms with Crippen molar-refractivity contribution in [3.63, 3.8) is 0 Å². The van der Waals surface area contributed by atoms with Gasteiger partial charge in [0.15, 0.2) is 0 Å². The number of hydrogen-bond donors (Lipinski definition) is 1. The molecule has 2 heterocycles. The van der Waals surface area contributed by atoms with Gasteiger partial charge in [0, 0.05) is 23.8 Å². The number of aliphatic carboxylic acids is 1. The van der Waals surface area contributed by atoms with Crippen LogP contribution in [0.4, 0.5) is 0 Å². The number of halogens is 1. The van der Waals surface area contributed by atoms with E-state index in [1.165, 1.54) is 4.90 Å². The fraction of sp³-hybridized carbons (Fsp3) is 0.538. The van der Waals surface area contributed by atoms with Crippen LogP contribution in [0.1, 0.15) is 37.2 Å². The van der Waals surface area contributed by atoms with Gasteiger partial charge < -0.3 is 14.6 Å². The van der Waals surface area contributed by atoms with E-state index in [1.54, 1.807) is 13.0 Å². The van der Waals surface area contributed by atoms with Crippen LogP contribution in [0.25, 0.3) is 0 Å². The maximum absolute atomic E-state index is 12.6. The van der Waals surface area contributed by atoms with Crippen molar-refractivity contribution < 1.29 is 14.7 Å². The summed E-state index contributed by atoms with van der Waals surface area (Å²) in [5.41, 5.74) is -0.560. The number of carbonyl (C=O) groups excluding carboxylic acids is 1. The average molecular weight is 329 g/mol. The summed E-state index contributed by atoms with van der Waals surface area (Å²) in [7, 11) is 0. The summed E-state index contributed by atoms with van der Waals surface area (Å²) in [5.74, 6) is -1.15. The van der Waals surface area contributed by atoms with Gasteiger partial charge in [-0.1, -0.05) is 0 Å². The first kappa shape index (κ1) is 14.1. The Morgan fingerprint density at radius 2 is 2.21 bits per heavy atom. The van der Waals surface area contributed by atoms with Crippen LogP contribution in [0.3, 0.4) is 0 Å². The van der Waals surface area contributed by atoms with Gasteiger partial charge in [0.1, 0.15) is 11.2 Å². The van der Waals surface area contributed by atoms with Crippen molar-refractivity contribution in [2.24, 2.45) is 0 Å². The van der Waals surface area contributed by atoms with Crippen LogP contribution in [0.15, 0.2) is 16.7 Å². The minimum atomic E-state index is -1.09. The molecule has 6 heteroatoms. The van der Waals surface area contributed by atoms with Gasteiger partial charge in [-0.2, -0.15) is 0 Å². The first-order valence-corrected chi connectivity index (χ1v) is 7.10. The van der Waals surface area contributed by atoms with Gasteiger partial charge in [-0.25, -0.2) is 4.79 Å². The fourth-order valence-electron chi connectivity index (χ4n) is 2.56. The number of carboxylic acids is 1. The number of likely N-dealkylation sites (tertiary alicyclic amines) is 1. The molecule has 1 unspecified atom stereocenters. The molecule has 0 aliphatic carbocycles. The molecule has 1 aromatic rings. The standard InChI is InChI=1S/C13H17BrN2O3/c1-3-15-8-9(14)7-10(15)11(17)16-6-4-5-13(16,2)12(18)19/h7-8H,3-6H2,1-2H3,(H,18,19). The molecule has 1 amide bonds. The SMILES string of the molecule is CCn1cc(Br)cc1C(=O)N1CCCC1(C)C(=O)O. The van der Waals surface area contributed by atoms with Gasteiger partial charge >= 0.3 is 5.97 Å². The van der Waals surface area contributed by atoms with Crippen molar-refractivity contribution in [3.8, 4) is 0 Å². The number of carboxylic acid groups (broad SMARTS) is 1. The molecule has 19 heavy (non-hydrogen) atoms. The number of nitrogens with zero attached hydrogens (tertiary/aromatic N) is 2. The quantitative estimate of drug-likeness (QED) is 0.926. The number of amides is 1. The number of aromatic nitrogens is 1. The van der Waals surface area contributed by atoms with Crippen LogP contribution in [-0.4, -0.2) is 38.5 Å². The normalized spacial score (nSPS) is 22.8. The van der Waals surface area contributed by atoms with Gasteiger partial charge in [-0.05, 0) is 48.7 Å². The Balaban J connectivity index is 2.36. The molecule has 104 valence electrons. The summed E-state index contributed by atoms with van der Waals surface area (Å²) in [4.78, 5) is 25.5. The van der Waals surface area contributed by atoms with Crippen molar-refractivity contribution in [1.29, 1.82) is 0 Å². The van der Waals surface area contributed by atoms with Gasteiger partial charge in [0.2, 0.25) is 0 Å². The second-order valence-corrected chi connectivity index (χ2v) is 5.88. The van der Waals surface area contributed by atoms with E-state index < -0.39 is 11.5 Å². The van der Waals surface area contributed by atoms with E-state index >= 15 is 0 Å². The molecule has 0 aromatic carbocycles. The maximum atomic E-state index is 12.6. The van der Waals surface area contributed by atoms with Crippen LogP contribution in [0.5, 0.6) is 0 Å². The zero-order chi connectivity index (χ0) is 14.2. The van der Waals surface area contributed by atoms with Crippen molar-refractivity contribution in [3.05, 3.63) is 22.4 Å². The Morgan fingerprint density at radius 3 is 2.79 bits per heavy atom. The predicted octanol–water partition coefficient (Wildman–Crippen LogP) is 2.35. The lowest BCUT2D eigenvalue weighted by Gasteiger charge is -2.31. The monoisotopic (exact) mass is 328 g/mol. The molecule has 1 aliphatic rings. The summed E-state index contributed by atoms with van der Waals surface area (Å²) >= 11 is 3.35. The van der Waals surface area contributed by atoms with Crippen LogP contribution in [-0.2, 0) is 11.3 Å². The second kappa shape index (κ2) is 5.00. The molecular weight excluding hydrogens is 312 g/mol. The molecular formula is C13H17BrN2O3. The highest BCUT2D eigenvalue weighted by Gasteiger charge is 2.46. The van der Waals surface area contributed by atoms with Gasteiger partial charge in [-0.15, -0.1) is 0 Å². The highest BCUT2D eigenvalue weighted by atomic mass is 79.9. The lowest BCUT2D eigenvalue weighted by atomic mass is 9.99. The molecule has 0 saturated carbocycles. The molecule has 1 aliphatic heterocycles. The minimum Gasteiger partial charge on any atom is -0.480 e. The molecule has 0 bridgehead atoms. The highest BCUT2D eigenvalue weighted by molar-refractivity contribution is 9.10. The van der Waals surface area contributed by atoms with Crippen molar-refractivity contribution in [2.45, 2.75) is 38.8 Å². The lowest BCUT2D eigenvalue weighted by Crippen LogP contribution is -2.51. The van der Waals surface area contributed by atoms with Crippen LogP contribution < -0.4 is 0 Å². The highest BCUT2D eigenvalue weighted by Crippen LogP contribution is 2.31. The molecule has 1 atom stereocenters. The third kappa shape index (κ3) is 2.29. The van der Waals surface area contributed by atoms with E-state index in [0.29, 0.717) is 25.2 Å². The Bertz CT molecular complexity index is 526. The summed E-state index contributed by atoms with van der Waals surface area (Å²) in [5, 5.41) is 9.36. The first-order valence-electron chi connectivity index (χ1n) is 6.31. The Morgan fingerprint density at radius 1 is 1.53 bits per heavy atom. The van der Waals surface area contributed by atoms with E-state index in [1.807, 2.05) is 17.7 Å². The molecule has 2 rings (SSSR count). The largest absolute Gasteiger partial charge is 0.480 e. The lowest BCUT2D eigenvalue weighted by molar-refractivity contribution is -0.147. The van der Waals surface area contributed by atoms with Crippen molar-refractivity contribution in [2.75, 3.05) is 6.54 Å². The summed E-state index contributed by atoms with van der Waals surface area (Å²) in [6, 6.07) is 1.74. The Labute approximate surface area is 120 Å². The Hall–Kier alpha value is -1.30. The van der Waals surface area contributed by atoms with Gasteiger partial charge in [-0.3, -0.25) is 4.79 Å². The third-order valence-electron chi connectivity index (χ3n) is 3.77. The number of aryl methyl sites for hydroxylation is 1. The number of carbonyl (C=O) groups is 2. The number of rotatable bonds is 3.